The number of aryl methyl sites for hydroxylation is 1. The Bertz CT molecular complexity index is 1350. The first-order chi connectivity index (χ1) is 14.6. The monoisotopic (exact) mass is 477 g/mol. The molecule has 31 heavy (non-hydrogen) atoms. The Morgan fingerprint density at radius 2 is 1.84 bits per heavy atom. The fourth-order valence-electron chi connectivity index (χ4n) is 3.52. The molecule has 0 N–H and O–H groups in total. The molecule has 0 aliphatic heterocycles. The molecule has 0 unspecified atom stereocenters. The number of nitrogens with zero attached hydrogens (tertiary/aromatic N) is 5. The first-order valence-corrected chi connectivity index (χ1v) is 14.5. The zero-order chi connectivity index (χ0) is 22.5. The molecule has 4 aromatic rings. The Balaban J connectivity index is 1.85. The summed E-state index contributed by atoms with van der Waals surface area (Å²) < 4.78 is 10.8. The van der Waals surface area contributed by atoms with Crippen molar-refractivity contribution in [3.05, 3.63) is 45.2 Å². The number of fused-ring (bicyclic) bond motifs is 2. The minimum absolute atomic E-state index is 0.124. The quantitative estimate of drug-likeness (QED) is 0.224. The molecule has 164 valence electrons. The van der Waals surface area contributed by atoms with Crippen molar-refractivity contribution in [2.75, 3.05) is 6.61 Å². The largest absolute Gasteiger partial charge is 0.361 e. The maximum Gasteiger partial charge on any atom is 0.264 e. The summed E-state index contributed by atoms with van der Waals surface area (Å²) in [6.45, 7) is 7.86. The molecule has 0 bridgehead atoms. The summed E-state index contributed by atoms with van der Waals surface area (Å²) in [5.41, 5.74) is 2.49. The maximum atomic E-state index is 13.1. The van der Waals surface area contributed by atoms with Crippen molar-refractivity contribution < 1.29 is 4.74 Å². The predicted octanol–water partition coefficient (Wildman–Crippen LogP) is 4.91. The van der Waals surface area contributed by atoms with E-state index in [1.165, 1.54) is 4.57 Å². The van der Waals surface area contributed by atoms with E-state index in [0.29, 0.717) is 28.2 Å². The van der Waals surface area contributed by atoms with Crippen LogP contribution in [0.2, 0.25) is 36.0 Å². The van der Waals surface area contributed by atoms with Crippen molar-refractivity contribution in [2.45, 2.75) is 32.4 Å². The highest BCUT2D eigenvalue weighted by Crippen LogP contribution is 2.37. The predicted molar refractivity (Wildman–Crippen MR) is 129 cm³/mol. The van der Waals surface area contributed by atoms with Crippen LogP contribution >= 0.6 is 23.2 Å². The Morgan fingerprint density at radius 1 is 1.10 bits per heavy atom. The molecule has 0 saturated carbocycles. The van der Waals surface area contributed by atoms with Gasteiger partial charge >= 0.3 is 0 Å². The molecule has 1 aromatic carbocycles. The molecule has 0 atom stereocenters. The summed E-state index contributed by atoms with van der Waals surface area (Å²) in [7, 11) is 2.25. The van der Waals surface area contributed by atoms with Gasteiger partial charge in [-0.3, -0.25) is 14.0 Å². The summed E-state index contributed by atoms with van der Waals surface area (Å²) >= 11 is 13.0. The molecule has 0 spiro atoms. The van der Waals surface area contributed by atoms with E-state index in [1.54, 1.807) is 11.7 Å². The minimum atomic E-state index is -1.20. The van der Waals surface area contributed by atoms with Crippen LogP contribution in [-0.2, 0) is 25.6 Å². The summed E-state index contributed by atoms with van der Waals surface area (Å²) in [6.07, 6.45) is 3.74. The molecule has 0 saturated heterocycles. The summed E-state index contributed by atoms with van der Waals surface area (Å²) in [5.74, 6) is 0. The van der Waals surface area contributed by atoms with E-state index in [2.05, 4.69) is 29.7 Å². The average molecular weight is 478 g/mol. The van der Waals surface area contributed by atoms with Gasteiger partial charge in [0.05, 0.1) is 15.9 Å². The lowest BCUT2D eigenvalue weighted by Crippen LogP contribution is -2.22. The van der Waals surface area contributed by atoms with Crippen LogP contribution in [-0.4, -0.2) is 38.6 Å². The highest BCUT2D eigenvalue weighted by Gasteiger charge is 2.21. The Hall–Kier alpha value is -2.13. The van der Waals surface area contributed by atoms with E-state index >= 15 is 0 Å². The number of aromatic nitrogens is 5. The van der Waals surface area contributed by atoms with Crippen LogP contribution < -0.4 is 5.56 Å². The summed E-state index contributed by atoms with van der Waals surface area (Å²) in [4.78, 5) is 17.6. The summed E-state index contributed by atoms with van der Waals surface area (Å²) in [5, 5.41) is 6.36. The molecule has 4 rings (SSSR count). The zero-order valence-electron chi connectivity index (χ0n) is 18.2. The second kappa shape index (κ2) is 8.09. The lowest BCUT2D eigenvalue weighted by molar-refractivity contribution is 0.0899. The molecule has 0 amide bonds. The molecule has 0 aliphatic carbocycles. The molecular weight excluding hydrogens is 453 g/mol. The third-order valence-electron chi connectivity index (χ3n) is 5.30. The van der Waals surface area contributed by atoms with Crippen molar-refractivity contribution in [1.29, 1.82) is 0 Å². The zero-order valence-corrected chi connectivity index (χ0v) is 20.8. The average Bonchev–Trinajstić information content (AvgIpc) is 3.24. The van der Waals surface area contributed by atoms with Crippen molar-refractivity contribution in [3.8, 4) is 11.1 Å². The molecule has 0 fully saturated rings. The van der Waals surface area contributed by atoms with Crippen LogP contribution in [0.5, 0.6) is 0 Å². The third kappa shape index (κ3) is 4.17. The normalized spacial score (nSPS) is 12.4. The molecule has 0 aliphatic rings. The molecule has 3 aromatic heterocycles. The van der Waals surface area contributed by atoms with Gasteiger partial charge in [-0.25, -0.2) is 4.98 Å². The van der Waals surface area contributed by atoms with Gasteiger partial charge in [0.15, 0.2) is 5.65 Å². The topological polar surface area (TPSA) is 66.9 Å². The van der Waals surface area contributed by atoms with Crippen LogP contribution in [0, 0.1) is 0 Å². The molecule has 3 heterocycles. The fourth-order valence-corrected chi connectivity index (χ4v) is 4.74. The van der Waals surface area contributed by atoms with Crippen LogP contribution in [0.15, 0.2) is 29.3 Å². The highest BCUT2D eigenvalue weighted by atomic mass is 35.5. The van der Waals surface area contributed by atoms with Gasteiger partial charge in [-0.1, -0.05) is 37.3 Å². The molecule has 0 radical (unpaired) electrons. The number of hydrogen-bond donors (Lipinski definition) is 0. The first-order valence-electron chi connectivity index (χ1n) is 10.0. The highest BCUT2D eigenvalue weighted by molar-refractivity contribution is 6.76. The summed E-state index contributed by atoms with van der Waals surface area (Å²) in [6, 6.07) is 4.84. The van der Waals surface area contributed by atoms with Gasteiger partial charge in [-0.05, 0) is 23.7 Å². The van der Waals surface area contributed by atoms with Crippen molar-refractivity contribution in [3.63, 3.8) is 0 Å². The van der Waals surface area contributed by atoms with Gasteiger partial charge < -0.3 is 9.30 Å². The number of halogens is 2. The van der Waals surface area contributed by atoms with Gasteiger partial charge in [0.25, 0.3) is 5.56 Å². The van der Waals surface area contributed by atoms with Gasteiger partial charge in [0.2, 0.25) is 5.28 Å². The van der Waals surface area contributed by atoms with Crippen LogP contribution in [0.25, 0.3) is 33.1 Å². The van der Waals surface area contributed by atoms with E-state index in [-0.39, 0.29) is 17.6 Å². The van der Waals surface area contributed by atoms with E-state index < -0.39 is 8.07 Å². The SMILES string of the molecule is Cn1cc2c(Cl)c(-c3cn(COCC[Si](C)(C)C)c4nc(Cl)n(C)c(=O)c34)ccc2n1. The van der Waals surface area contributed by atoms with Crippen molar-refractivity contribution >= 4 is 53.2 Å². The third-order valence-corrected chi connectivity index (χ3v) is 7.75. The van der Waals surface area contributed by atoms with Crippen LogP contribution in [0.3, 0.4) is 0 Å². The lowest BCUT2D eigenvalue weighted by atomic mass is 10.0. The van der Waals surface area contributed by atoms with Crippen molar-refractivity contribution in [2.24, 2.45) is 14.1 Å². The number of benzene rings is 1. The smallest absolute Gasteiger partial charge is 0.264 e. The first kappa shape index (κ1) is 22.1. The Morgan fingerprint density at radius 3 is 2.55 bits per heavy atom. The maximum absolute atomic E-state index is 13.1. The molecule has 7 nitrogen and oxygen atoms in total. The standard InChI is InChI=1S/C21H25Cl2N5O2Si/c1-26-10-15-16(25-26)7-6-13(18(15)22)14-11-28(12-30-8-9-31(3,4)5)19-17(14)20(29)27(2)21(23)24-19/h6-7,10-11H,8-9,12H2,1-5H3. The Labute approximate surface area is 191 Å². The van der Waals surface area contributed by atoms with Crippen LogP contribution in [0.4, 0.5) is 0 Å². The van der Waals surface area contributed by atoms with Gasteiger partial charge in [0, 0.05) is 57.7 Å². The number of rotatable bonds is 6. The number of ether oxygens (including phenoxy) is 1. The van der Waals surface area contributed by atoms with E-state index in [0.717, 1.165) is 22.5 Å². The Kier molecular flexibility index (Phi) is 5.76. The van der Waals surface area contributed by atoms with Crippen molar-refractivity contribution in [1.82, 2.24) is 23.9 Å². The van der Waals surface area contributed by atoms with Gasteiger partial charge in [-0.2, -0.15) is 5.10 Å². The van der Waals surface area contributed by atoms with Gasteiger partial charge in [0.1, 0.15) is 6.73 Å². The number of hydrogen-bond acceptors (Lipinski definition) is 4. The van der Waals surface area contributed by atoms with E-state index in [1.807, 2.05) is 36.1 Å². The van der Waals surface area contributed by atoms with Crippen LogP contribution in [0.1, 0.15) is 0 Å². The second-order valence-corrected chi connectivity index (χ2v) is 15.3. The van der Waals surface area contributed by atoms with Gasteiger partial charge in [-0.15, -0.1) is 0 Å². The molecular formula is C21H25Cl2N5O2Si. The second-order valence-electron chi connectivity index (χ2n) is 8.97. The fraction of sp³-hybridized carbons (Fsp3) is 0.381. The van der Waals surface area contributed by atoms with E-state index in [4.69, 9.17) is 27.9 Å². The minimum Gasteiger partial charge on any atom is -0.361 e. The van der Waals surface area contributed by atoms with E-state index in [9.17, 15) is 4.79 Å². The molecule has 10 heteroatoms. The lowest BCUT2D eigenvalue weighted by Gasteiger charge is -2.15.